The van der Waals surface area contributed by atoms with Crippen LogP contribution in [0.4, 0.5) is 0 Å². The maximum Gasteiger partial charge on any atom is 0.223 e. The van der Waals surface area contributed by atoms with Gasteiger partial charge in [0.1, 0.15) is 0 Å². The van der Waals surface area contributed by atoms with E-state index < -0.39 is 0 Å². The van der Waals surface area contributed by atoms with Gasteiger partial charge in [0.25, 0.3) is 0 Å². The van der Waals surface area contributed by atoms with Gasteiger partial charge < -0.3 is 10.4 Å². The lowest BCUT2D eigenvalue weighted by atomic mass is 10.0. The van der Waals surface area contributed by atoms with Crippen molar-refractivity contribution in [3.05, 3.63) is 35.4 Å². The summed E-state index contributed by atoms with van der Waals surface area (Å²) < 4.78 is 0. The van der Waals surface area contributed by atoms with Gasteiger partial charge in [-0.05, 0) is 42.7 Å². The zero-order valence-electron chi connectivity index (χ0n) is 12.6. The molecule has 2 rings (SSSR count). The average molecular weight is 275 g/mol. The zero-order chi connectivity index (χ0) is 14.7. The highest BCUT2D eigenvalue weighted by Gasteiger charge is 2.44. The molecular formula is C17H25NO2. The molecule has 0 radical (unpaired) electrons. The molecule has 2 N–H and O–H groups in total. The van der Waals surface area contributed by atoms with Crippen molar-refractivity contribution in [2.24, 2.45) is 11.8 Å². The standard InChI is InChI=1S/C17H25NO2/c1-11(2)16(19)8-9-18-17(20)15-10-14(15)13-7-5-4-6-12(13)3/h4-7,11,14-16,19H,8-10H2,1-3H3,(H,18,20). The summed E-state index contributed by atoms with van der Waals surface area (Å²) >= 11 is 0. The van der Waals surface area contributed by atoms with Gasteiger partial charge in [0.05, 0.1) is 6.10 Å². The van der Waals surface area contributed by atoms with E-state index in [4.69, 9.17) is 0 Å². The number of aryl methyl sites for hydroxylation is 1. The maximum atomic E-state index is 12.1. The van der Waals surface area contributed by atoms with E-state index in [1.54, 1.807) is 0 Å². The van der Waals surface area contributed by atoms with Crippen LogP contribution in [0.3, 0.4) is 0 Å². The van der Waals surface area contributed by atoms with Gasteiger partial charge in [-0.1, -0.05) is 38.1 Å². The highest BCUT2D eigenvalue weighted by Crippen LogP contribution is 2.48. The van der Waals surface area contributed by atoms with Crippen LogP contribution in [0.5, 0.6) is 0 Å². The second kappa shape index (κ2) is 6.40. The number of aliphatic hydroxyl groups is 1. The van der Waals surface area contributed by atoms with E-state index in [9.17, 15) is 9.90 Å². The van der Waals surface area contributed by atoms with Gasteiger partial charge in [-0.25, -0.2) is 0 Å². The van der Waals surface area contributed by atoms with E-state index in [1.165, 1.54) is 11.1 Å². The number of nitrogens with one attached hydrogen (secondary N) is 1. The van der Waals surface area contributed by atoms with Gasteiger partial charge in [-0.15, -0.1) is 0 Å². The molecule has 110 valence electrons. The number of amides is 1. The summed E-state index contributed by atoms with van der Waals surface area (Å²) in [5, 5.41) is 12.7. The molecule has 1 aliphatic carbocycles. The molecule has 1 aromatic carbocycles. The van der Waals surface area contributed by atoms with Crippen LogP contribution >= 0.6 is 0 Å². The lowest BCUT2D eigenvalue weighted by Gasteiger charge is -2.14. The zero-order valence-corrected chi connectivity index (χ0v) is 12.6. The summed E-state index contributed by atoms with van der Waals surface area (Å²) in [5.74, 6) is 0.875. The molecule has 1 fully saturated rings. The van der Waals surface area contributed by atoms with Crippen molar-refractivity contribution in [1.29, 1.82) is 0 Å². The predicted molar refractivity (Wildman–Crippen MR) is 80.5 cm³/mol. The molecule has 3 atom stereocenters. The molecule has 0 saturated heterocycles. The summed E-state index contributed by atoms with van der Waals surface area (Å²) in [5.41, 5.74) is 2.57. The third-order valence-corrected chi connectivity index (χ3v) is 4.22. The van der Waals surface area contributed by atoms with Gasteiger partial charge in [0, 0.05) is 12.5 Å². The fourth-order valence-electron chi connectivity index (χ4n) is 2.64. The number of aliphatic hydroxyl groups excluding tert-OH is 1. The minimum Gasteiger partial charge on any atom is -0.393 e. The first-order valence-corrected chi connectivity index (χ1v) is 7.52. The Morgan fingerprint density at radius 2 is 2.10 bits per heavy atom. The van der Waals surface area contributed by atoms with E-state index in [0.717, 1.165) is 6.42 Å². The van der Waals surface area contributed by atoms with Crippen molar-refractivity contribution < 1.29 is 9.90 Å². The van der Waals surface area contributed by atoms with E-state index in [1.807, 2.05) is 26.0 Å². The fraction of sp³-hybridized carbons (Fsp3) is 0.588. The molecule has 1 saturated carbocycles. The molecule has 1 aromatic rings. The summed E-state index contributed by atoms with van der Waals surface area (Å²) in [6.07, 6.45) is 1.25. The first-order valence-electron chi connectivity index (χ1n) is 7.52. The van der Waals surface area contributed by atoms with Crippen LogP contribution in [0.2, 0.25) is 0 Å². The topological polar surface area (TPSA) is 49.3 Å². The van der Waals surface area contributed by atoms with Crippen LogP contribution in [-0.4, -0.2) is 23.7 Å². The van der Waals surface area contributed by atoms with E-state index in [-0.39, 0.29) is 23.8 Å². The Kier molecular flexibility index (Phi) is 4.81. The molecule has 1 aliphatic rings. The molecule has 0 heterocycles. The monoisotopic (exact) mass is 275 g/mol. The Balaban J connectivity index is 1.78. The predicted octanol–water partition coefficient (Wildman–Crippen LogP) is 2.62. The quantitative estimate of drug-likeness (QED) is 0.838. The van der Waals surface area contributed by atoms with Crippen LogP contribution in [0.25, 0.3) is 0 Å². The minimum atomic E-state index is -0.332. The van der Waals surface area contributed by atoms with Gasteiger partial charge in [0.2, 0.25) is 5.91 Å². The third-order valence-electron chi connectivity index (χ3n) is 4.22. The highest BCUT2D eigenvalue weighted by atomic mass is 16.3. The highest BCUT2D eigenvalue weighted by molar-refractivity contribution is 5.83. The fourth-order valence-corrected chi connectivity index (χ4v) is 2.64. The van der Waals surface area contributed by atoms with Crippen molar-refractivity contribution in [2.45, 2.75) is 45.6 Å². The Morgan fingerprint density at radius 1 is 1.40 bits per heavy atom. The van der Waals surface area contributed by atoms with Crippen molar-refractivity contribution in [1.82, 2.24) is 5.32 Å². The van der Waals surface area contributed by atoms with Gasteiger partial charge >= 0.3 is 0 Å². The molecular weight excluding hydrogens is 250 g/mol. The molecule has 1 amide bonds. The molecule has 3 unspecified atom stereocenters. The molecule has 3 nitrogen and oxygen atoms in total. The SMILES string of the molecule is Cc1ccccc1C1CC1C(=O)NCCC(O)C(C)C. The summed E-state index contributed by atoms with van der Waals surface area (Å²) in [6.45, 7) is 6.64. The van der Waals surface area contributed by atoms with Crippen molar-refractivity contribution in [3.8, 4) is 0 Å². The number of hydrogen-bond donors (Lipinski definition) is 2. The Hall–Kier alpha value is -1.35. The number of benzene rings is 1. The van der Waals surface area contributed by atoms with Crippen molar-refractivity contribution in [3.63, 3.8) is 0 Å². The van der Waals surface area contributed by atoms with Crippen LogP contribution in [0.15, 0.2) is 24.3 Å². The molecule has 0 aromatic heterocycles. The molecule has 20 heavy (non-hydrogen) atoms. The second-order valence-corrected chi connectivity index (χ2v) is 6.20. The first-order chi connectivity index (χ1) is 9.50. The lowest BCUT2D eigenvalue weighted by Crippen LogP contribution is -2.30. The van der Waals surface area contributed by atoms with E-state index in [0.29, 0.717) is 18.9 Å². The third kappa shape index (κ3) is 3.60. The second-order valence-electron chi connectivity index (χ2n) is 6.20. The van der Waals surface area contributed by atoms with Crippen molar-refractivity contribution in [2.75, 3.05) is 6.54 Å². The number of hydrogen-bond acceptors (Lipinski definition) is 2. The Morgan fingerprint density at radius 3 is 2.75 bits per heavy atom. The molecule has 0 aliphatic heterocycles. The van der Waals surface area contributed by atoms with E-state index >= 15 is 0 Å². The van der Waals surface area contributed by atoms with Crippen LogP contribution < -0.4 is 5.32 Å². The first kappa shape index (κ1) is 15.0. The summed E-state index contributed by atoms with van der Waals surface area (Å²) in [6, 6.07) is 8.29. The van der Waals surface area contributed by atoms with E-state index in [2.05, 4.69) is 24.4 Å². The Labute approximate surface area is 121 Å². The number of rotatable bonds is 6. The normalized spacial score (nSPS) is 22.6. The van der Waals surface area contributed by atoms with Gasteiger partial charge in [-0.3, -0.25) is 4.79 Å². The number of carbonyl (C=O) groups excluding carboxylic acids is 1. The molecule has 0 bridgehead atoms. The minimum absolute atomic E-state index is 0.118. The van der Waals surface area contributed by atoms with Crippen LogP contribution in [-0.2, 0) is 4.79 Å². The Bertz CT molecular complexity index is 470. The van der Waals surface area contributed by atoms with Gasteiger partial charge in [0.15, 0.2) is 0 Å². The largest absolute Gasteiger partial charge is 0.393 e. The lowest BCUT2D eigenvalue weighted by molar-refractivity contribution is -0.122. The summed E-state index contributed by atoms with van der Waals surface area (Å²) in [4.78, 5) is 12.1. The van der Waals surface area contributed by atoms with Crippen molar-refractivity contribution >= 4 is 5.91 Å². The molecule has 0 spiro atoms. The molecule has 3 heteroatoms. The summed E-state index contributed by atoms with van der Waals surface area (Å²) in [7, 11) is 0. The van der Waals surface area contributed by atoms with Crippen LogP contribution in [0.1, 0.15) is 43.7 Å². The average Bonchev–Trinajstić information content (AvgIpc) is 3.19. The van der Waals surface area contributed by atoms with Crippen LogP contribution in [0, 0.1) is 18.8 Å². The maximum absolute atomic E-state index is 12.1. The number of carbonyl (C=O) groups is 1. The van der Waals surface area contributed by atoms with Gasteiger partial charge in [-0.2, -0.15) is 0 Å². The smallest absolute Gasteiger partial charge is 0.223 e.